The van der Waals surface area contributed by atoms with E-state index in [0.29, 0.717) is 23.2 Å². The van der Waals surface area contributed by atoms with Crippen LogP contribution < -0.4 is 5.73 Å². The van der Waals surface area contributed by atoms with E-state index in [2.05, 4.69) is 5.10 Å². The number of halogens is 1. The molecule has 118 valence electrons. The Morgan fingerprint density at radius 3 is 2.67 bits per heavy atom. The average molecular weight is 313 g/mol. The van der Waals surface area contributed by atoms with Crippen LogP contribution in [-0.2, 0) is 7.05 Å². The topological polar surface area (TPSA) is 64.2 Å². The third-order valence-electron chi connectivity index (χ3n) is 4.25. The Hall–Kier alpha value is -1.07. The van der Waals surface area contributed by atoms with Gasteiger partial charge in [0, 0.05) is 26.2 Å². The second-order valence-electron chi connectivity index (χ2n) is 6.34. The summed E-state index contributed by atoms with van der Waals surface area (Å²) in [5.41, 5.74) is 7.33. The van der Waals surface area contributed by atoms with Crippen LogP contribution in [0.1, 0.15) is 55.6 Å². The molecule has 0 saturated carbocycles. The maximum Gasteiger partial charge on any atom is 0.258 e. The second-order valence-corrected chi connectivity index (χ2v) is 6.70. The van der Waals surface area contributed by atoms with Crippen LogP contribution in [0.5, 0.6) is 0 Å². The van der Waals surface area contributed by atoms with Gasteiger partial charge in [0.05, 0.1) is 11.3 Å². The van der Waals surface area contributed by atoms with E-state index in [0.717, 1.165) is 25.1 Å². The fraction of sp³-hybridized carbons (Fsp3) is 0.733. The first-order chi connectivity index (χ1) is 9.82. The molecule has 1 aliphatic rings. The minimum atomic E-state index is -0.0119. The van der Waals surface area contributed by atoms with Crippen molar-refractivity contribution in [2.24, 2.45) is 18.7 Å². The van der Waals surface area contributed by atoms with Crippen LogP contribution in [0, 0.1) is 5.92 Å². The fourth-order valence-corrected chi connectivity index (χ4v) is 3.12. The predicted octanol–water partition coefficient (Wildman–Crippen LogP) is 2.40. The molecule has 2 heterocycles. The van der Waals surface area contributed by atoms with Crippen molar-refractivity contribution in [1.29, 1.82) is 0 Å². The minimum Gasteiger partial charge on any atom is -0.338 e. The van der Waals surface area contributed by atoms with Gasteiger partial charge in [-0.1, -0.05) is 25.4 Å². The van der Waals surface area contributed by atoms with Gasteiger partial charge in [-0.2, -0.15) is 5.10 Å². The molecule has 0 spiro atoms. The number of aromatic nitrogens is 2. The van der Waals surface area contributed by atoms with Gasteiger partial charge in [0.2, 0.25) is 0 Å². The number of amides is 1. The highest BCUT2D eigenvalue weighted by Crippen LogP contribution is 2.28. The number of hydrogen-bond acceptors (Lipinski definition) is 3. The summed E-state index contributed by atoms with van der Waals surface area (Å²) in [6, 6.07) is 0.106. The third kappa shape index (κ3) is 3.24. The van der Waals surface area contributed by atoms with Gasteiger partial charge in [0.1, 0.15) is 5.15 Å². The van der Waals surface area contributed by atoms with E-state index in [1.807, 2.05) is 25.7 Å². The van der Waals surface area contributed by atoms with Crippen LogP contribution in [0.15, 0.2) is 0 Å². The summed E-state index contributed by atoms with van der Waals surface area (Å²) in [6.45, 7) is 7.53. The van der Waals surface area contributed by atoms with E-state index in [1.165, 1.54) is 0 Å². The largest absolute Gasteiger partial charge is 0.338 e. The Morgan fingerprint density at radius 1 is 1.43 bits per heavy atom. The van der Waals surface area contributed by atoms with Crippen molar-refractivity contribution in [3.05, 3.63) is 16.4 Å². The van der Waals surface area contributed by atoms with Gasteiger partial charge >= 0.3 is 0 Å². The second kappa shape index (κ2) is 6.36. The summed E-state index contributed by atoms with van der Waals surface area (Å²) in [7, 11) is 1.77. The third-order valence-corrected chi connectivity index (χ3v) is 4.69. The molecule has 2 rings (SSSR count). The highest BCUT2D eigenvalue weighted by molar-refractivity contribution is 6.33. The Bertz CT molecular complexity index is 524. The van der Waals surface area contributed by atoms with E-state index < -0.39 is 0 Å². The van der Waals surface area contributed by atoms with Crippen molar-refractivity contribution in [3.63, 3.8) is 0 Å². The Morgan fingerprint density at radius 2 is 2.10 bits per heavy atom. The van der Waals surface area contributed by atoms with Crippen LogP contribution in [0.4, 0.5) is 0 Å². The smallest absolute Gasteiger partial charge is 0.258 e. The first-order valence-electron chi connectivity index (χ1n) is 7.60. The van der Waals surface area contributed by atoms with Gasteiger partial charge in [0.15, 0.2) is 0 Å². The summed E-state index contributed by atoms with van der Waals surface area (Å²) in [5.74, 6) is 0.513. The molecule has 0 aliphatic carbocycles. The van der Waals surface area contributed by atoms with Crippen LogP contribution in [-0.4, -0.2) is 39.7 Å². The standard InChI is InChI=1S/C15H25ClN4O/c1-9(2)13-12(14(16)19(4)18-13)15(21)20-7-5-6-11(8-20)10(3)17/h9-11H,5-8,17H2,1-4H3. The molecule has 0 bridgehead atoms. The van der Waals surface area contributed by atoms with Crippen molar-refractivity contribution in [1.82, 2.24) is 14.7 Å². The lowest BCUT2D eigenvalue weighted by Crippen LogP contribution is -2.45. The zero-order valence-corrected chi connectivity index (χ0v) is 14.0. The maximum atomic E-state index is 12.9. The molecule has 1 aromatic heterocycles. The minimum absolute atomic E-state index is 0.0119. The molecule has 1 aliphatic heterocycles. The number of nitrogens with two attached hydrogens (primary N) is 1. The van der Waals surface area contributed by atoms with Crippen LogP contribution in [0.3, 0.4) is 0 Å². The molecule has 1 fully saturated rings. The lowest BCUT2D eigenvalue weighted by atomic mass is 9.91. The molecule has 0 aromatic carbocycles. The van der Waals surface area contributed by atoms with Gasteiger partial charge in [-0.3, -0.25) is 9.48 Å². The van der Waals surface area contributed by atoms with Gasteiger partial charge in [-0.15, -0.1) is 0 Å². The first-order valence-corrected chi connectivity index (χ1v) is 7.98. The molecule has 1 saturated heterocycles. The van der Waals surface area contributed by atoms with Crippen LogP contribution >= 0.6 is 11.6 Å². The van der Waals surface area contributed by atoms with E-state index in [-0.39, 0.29) is 17.9 Å². The molecular formula is C15H25ClN4O. The molecular weight excluding hydrogens is 288 g/mol. The van der Waals surface area contributed by atoms with Crippen molar-refractivity contribution < 1.29 is 4.79 Å². The highest BCUT2D eigenvalue weighted by Gasteiger charge is 2.31. The summed E-state index contributed by atoms with van der Waals surface area (Å²) in [6.07, 6.45) is 2.08. The van der Waals surface area contributed by atoms with Crippen LogP contribution in [0.2, 0.25) is 5.15 Å². The molecule has 21 heavy (non-hydrogen) atoms. The number of aryl methyl sites for hydroxylation is 1. The monoisotopic (exact) mass is 312 g/mol. The van der Waals surface area contributed by atoms with E-state index in [4.69, 9.17) is 17.3 Å². The number of carbonyl (C=O) groups is 1. The Balaban J connectivity index is 2.28. The molecule has 2 unspecified atom stereocenters. The zero-order chi connectivity index (χ0) is 15.7. The van der Waals surface area contributed by atoms with E-state index in [9.17, 15) is 4.79 Å². The summed E-state index contributed by atoms with van der Waals surface area (Å²) in [4.78, 5) is 14.8. The van der Waals surface area contributed by atoms with Crippen LogP contribution in [0.25, 0.3) is 0 Å². The SMILES string of the molecule is CC(C)c1nn(C)c(Cl)c1C(=O)N1CCCC(C(C)N)C1. The lowest BCUT2D eigenvalue weighted by Gasteiger charge is -2.34. The van der Waals surface area contributed by atoms with Gasteiger partial charge in [-0.25, -0.2) is 0 Å². The number of rotatable bonds is 3. The van der Waals surface area contributed by atoms with Crippen molar-refractivity contribution in [2.45, 2.75) is 45.6 Å². The number of likely N-dealkylation sites (tertiary alicyclic amines) is 1. The lowest BCUT2D eigenvalue weighted by molar-refractivity contribution is 0.0659. The highest BCUT2D eigenvalue weighted by atomic mass is 35.5. The van der Waals surface area contributed by atoms with E-state index in [1.54, 1.807) is 11.7 Å². The van der Waals surface area contributed by atoms with Crippen molar-refractivity contribution >= 4 is 17.5 Å². The number of piperidine rings is 1. The predicted molar refractivity (Wildman–Crippen MR) is 84.6 cm³/mol. The van der Waals surface area contributed by atoms with Gasteiger partial charge in [0.25, 0.3) is 5.91 Å². The molecule has 1 aromatic rings. The summed E-state index contributed by atoms with van der Waals surface area (Å²) >= 11 is 6.30. The average Bonchev–Trinajstić information content (AvgIpc) is 2.74. The molecule has 2 atom stereocenters. The molecule has 2 N–H and O–H groups in total. The molecule has 0 radical (unpaired) electrons. The van der Waals surface area contributed by atoms with Crippen molar-refractivity contribution in [2.75, 3.05) is 13.1 Å². The first kappa shape index (κ1) is 16.3. The number of carbonyl (C=O) groups excluding carboxylic acids is 1. The maximum absolute atomic E-state index is 12.9. The number of hydrogen-bond donors (Lipinski definition) is 1. The quantitative estimate of drug-likeness (QED) is 0.932. The Labute approximate surface area is 131 Å². The molecule has 6 heteroatoms. The van der Waals surface area contributed by atoms with Crippen molar-refractivity contribution in [3.8, 4) is 0 Å². The summed E-state index contributed by atoms with van der Waals surface area (Å²) < 4.78 is 1.58. The zero-order valence-electron chi connectivity index (χ0n) is 13.3. The molecule has 1 amide bonds. The number of nitrogens with zero attached hydrogens (tertiary/aromatic N) is 3. The fourth-order valence-electron chi connectivity index (χ4n) is 2.91. The van der Waals surface area contributed by atoms with Gasteiger partial charge < -0.3 is 10.6 Å². The van der Waals surface area contributed by atoms with E-state index >= 15 is 0 Å². The summed E-state index contributed by atoms with van der Waals surface area (Å²) in [5, 5.41) is 4.82. The normalized spacial score (nSPS) is 20.9. The Kier molecular flexibility index (Phi) is 4.94. The van der Waals surface area contributed by atoms with Gasteiger partial charge in [-0.05, 0) is 31.6 Å². The molecule has 5 nitrogen and oxygen atoms in total.